The molecule has 0 spiro atoms. The zero-order valence-corrected chi connectivity index (χ0v) is 43.2. The Hall–Kier alpha value is -4.31. The van der Waals surface area contributed by atoms with Crippen LogP contribution in [0.5, 0.6) is 5.75 Å². The minimum Gasteiger partial charge on any atom is -0.507 e. The van der Waals surface area contributed by atoms with Crippen molar-refractivity contribution in [3.8, 4) is 28.4 Å². The molecule has 0 aliphatic carbocycles. The quantitative estimate of drug-likeness (QED) is 0.0590. The van der Waals surface area contributed by atoms with E-state index in [9.17, 15) is 9.90 Å². The zero-order chi connectivity index (χ0) is 46.7. The number of phenolic OH excluding ortho intramolecular Hbond substituents is 1. The van der Waals surface area contributed by atoms with E-state index in [0.29, 0.717) is 75.2 Å². The number of rotatable bonds is 20. The van der Waals surface area contributed by atoms with Crippen molar-refractivity contribution in [3.63, 3.8) is 0 Å². The molecule has 18 heteroatoms. The first-order valence-corrected chi connectivity index (χ1v) is 34.2. The van der Waals surface area contributed by atoms with Crippen LogP contribution in [0.3, 0.4) is 0 Å². The van der Waals surface area contributed by atoms with Crippen molar-refractivity contribution in [2.24, 2.45) is 0 Å². The number of anilines is 1. The maximum Gasteiger partial charge on any atom is 0.274 e. The molecule has 5 heterocycles. The fraction of sp³-hybridized carbons (Fsp3) is 0.553. The molecular weight excluding hydrogens is 876 g/mol. The maximum absolute atomic E-state index is 15.9. The first-order valence-electron chi connectivity index (χ1n) is 23.1. The number of aromatic hydroxyl groups is 1. The van der Waals surface area contributed by atoms with Gasteiger partial charge >= 0.3 is 0 Å². The normalized spacial score (nSPS) is 14.8. The largest absolute Gasteiger partial charge is 0.507 e. The van der Waals surface area contributed by atoms with Crippen LogP contribution in [0.1, 0.15) is 39.9 Å². The number of benzene rings is 2. The average molecular weight is 945 g/mol. The Morgan fingerprint density at radius 2 is 1.49 bits per heavy atom. The van der Waals surface area contributed by atoms with Crippen molar-refractivity contribution in [1.82, 2.24) is 34.2 Å². The monoisotopic (exact) mass is 944 g/mol. The number of phenols is 1. The molecule has 0 radical (unpaired) electrons. The summed E-state index contributed by atoms with van der Waals surface area (Å²) in [5, 5.41) is 17.5. The number of carbonyl (C=O) groups is 1. The van der Waals surface area contributed by atoms with Gasteiger partial charge < -0.3 is 38.4 Å². The minimum absolute atomic E-state index is 0.0142. The van der Waals surface area contributed by atoms with Crippen LogP contribution in [0.2, 0.25) is 77.1 Å². The molecule has 352 valence electrons. The van der Waals surface area contributed by atoms with Gasteiger partial charge in [-0.25, -0.2) is 24.0 Å². The molecule has 5 aromatic rings. The van der Waals surface area contributed by atoms with E-state index in [0.717, 1.165) is 64.9 Å². The molecule has 0 bridgehead atoms. The summed E-state index contributed by atoms with van der Waals surface area (Å²) < 4.78 is 43.9. The molecular formula is C47H69FN8O6Si3. The van der Waals surface area contributed by atoms with Gasteiger partial charge in [-0.15, -0.1) is 0 Å². The lowest BCUT2D eigenvalue weighted by Crippen LogP contribution is -2.37. The fourth-order valence-corrected chi connectivity index (χ4v) is 10.2. The fourth-order valence-electron chi connectivity index (χ4n) is 7.97. The Balaban J connectivity index is 1.23. The summed E-state index contributed by atoms with van der Waals surface area (Å²) in [4.78, 5) is 32.1. The van der Waals surface area contributed by atoms with E-state index in [4.69, 9.17) is 29.0 Å². The van der Waals surface area contributed by atoms with Crippen LogP contribution in [-0.4, -0.2) is 116 Å². The summed E-state index contributed by atoms with van der Waals surface area (Å²) >= 11 is 0. The number of hydrogen-bond donors (Lipinski definition) is 1. The van der Waals surface area contributed by atoms with Gasteiger partial charge in [0.15, 0.2) is 5.82 Å². The van der Waals surface area contributed by atoms with Gasteiger partial charge in [0, 0.05) is 68.1 Å². The van der Waals surface area contributed by atoms with Gasteiger partial charge in [0.2, 0.25) is 0 Å². The molecule has 2 aliphatic rings. The molecule has 0 unspecified atom stereocenters. The third-order valence-electron chi connectivity index (χ3n) is 12.1. The van der Waals surface area contributed by atoms with E-state index in [1.807, 2.05) is 29.8 Å². The van der Waals surface area contributed by atoms with Crippen molar-refractivity contribution >= 4 is 46.8 Å². The summed E-state index contributed by atoms with van der Waals surface area (Å²) in [6, 6.07) is 10.4. The third-order valence-corrected chi connectivity index (χ3v) is 17.2. The molecule has 3 aromatic heterocycles. The van der Waals surface area contributed by atoms with E-state index < -0.39 is 30.0 Å². The van der Waals surface area contributed by atoms with Crippen molar-refractivity contribution in [2.75, 3.05) is 51.0 Å². The van der Waals surface area contributed by atoms with E-state index in [1.54, 1.807) is 17.3 Å². The van der Waals surface area contributed by atoms with Gasteiger partial charge in [0.05, 0.1) is 67.8 Å². The molecule has 0 saturated carbocycles. The summed E-state index contributed by atoms with van der Waals surface area (Å²) in [7, 11) is -4.07. The maximum atomic E-state index is 15.9. The minimum atomic E-state index is -1.38. The van der Waals surface area contributed by atoms with Gasteiger partial charge in [-0.1, -0.05) is 71.9 Å². The topological polar surface area (TPSA) is 142 Å². The molecule has 2 aliphatic heterocycles. The number of amides is 1. The molecule has 0 atom stereocenters. The summed E-state index contributed by atoms with van der Waals surface area (Å²) in [5.41, 5.74) is 5.59. The number of fused-ring (bicyclic) bond motifs is 2. The van der Waals surface area contributed by atoms with Crippen molar-refractivity contribution in [3.05, 3.63) is 70.7 Å². The van der Waals surface area contributed by atoms with Crippen LogP contribution in [0.4, 0.5) is 10.2 Å². The molecule has 2 aromatic carbocycles. The Kier molecular flexibility index (Phi) is 15.2. The lowest BCUT2D eigenvalue weighted by Gasteiger charge is -2.27. The van der Waals surface area contributed by atoms with E-state index >= 15 is 4.39 Å². The lowest BCUT2D eigenvalue weighted by atomic mass is 9.93. The van der Waals surface area contributed by atoms with Gasteiger partial charge in [0.1, 0.15) is 42.2 Å². The number of ether oxygens (including phenoxy) is 4. The van der Waals surface area contributed by atoms with Crippen LogP contribution in [0, 0.1) is 5.82 Å². The second-order valence-corrected chi connectivity index (χ2v) is 37.8. The third kappa shape index (κ3) is 12.0. The molecule has 1 amide bonds. The number of aromatic nitrogens is 6. The number of morpholine rings is 1. The van der Waals surface area contributed by atoms with Gasteiger partial charge in [-0.05, 0) is 53.9 Å². The summed E-state index contributed by atoms with van der Waals surface area (Å²) in [6.07, 6.45) is 3.72. The second-order valence-electron chi connectivity index (χ2n) is 21.0. The van der Waals surface area contributed by atoms with E-state index in [1.165, 1.54) is 6.07 Å². The highest BCUT2D eigenvalue weighted by Gasteiger charge is 2.33. The first kappa shape index (κ1) is 48.6. The molecule has 1 N–H and O–H groups in total. The van der Waals surface area contributed by atoms with Crippen LogP contribution >= 0.6 is 0 Å². The molecule has 7 rings (SSSR count). The predicted octanol–water partition coefficient (Wildman–Crippen LogP) is 9.24. The number of halogens is 1. The number of hydrogen-bond acceptors (Lipinski definition) is 11. The Morgan fingerprint density at radius 1 is 0.831 bits per heavy atom. The number of nitrogens with zero attached hydrogens (tertiary/aromatic N) is 8. The SMILES string of the molecule is CCc1c(-c2ccc3c(-c4nc5c(n4COCC[Si](C)(C)C)CN(C(=O)c4cnc(N6CCOCC6)cn4)C5)nn(COCC[Si](C)(C)C)c3c2)cc(F)c(COCC[Si](C)(C)C)c1O. The highest BCUT2D eigenvalue weighted by molar-refractivity contribution is 6.76. The van der Waals surface area contributed by atoms with Crippen LogP contribution in [0.25, 0.3) is 33.5 Å². The van der Waals surface area contributed by atoms with Crippen LogP contribution in [0.15, 0.2) is 36.7 Å². The van der Waals surface area contributed by atoms with Crippen molar-refractivity contribution in [1.29, 1.82) is 0 Å². The van der Waals surface area contributed by atoms with E-state index in [2.05, 4.69) is 78.4 Å². The Bertz CT molecular complexity index is 2450. The van der Waals surface area contributed by atoms with Gasteiger partial charge in [-0.3, -0.25) is 4.79 Å². The highest BCUT2D eigenvalue weighted by Crippen LogP contribution is 2.39. The first-order chi connectivity index (χ1) is 30.8. The standard InChI is InChI=1S/C47H69FN8O6Si3/c1-11-34-36(25-38(48)37(45(34)57)30-60-18-21-63(2,3)4)33-12-13-35-41(24-33)56(32-62-20-23-65(8,9)10)52-44(35)46-51-40-28-54(29-42(40)55(46)31-61-19-22-64(5,6)7)47(58)39-26-50-43(27-49-39)53-14-16-59-17-15-53/h12-13,24-27,57H,11,14-23,28-32H2,1-10H3. The molecule has 14 nitrogen and oxygen atoms in total. The summed E-state index contributed by atoms with van der Waals surface area (Å²) in [5.74, 6) is 0.591. The van der Waals surface area contributed by atoms with Gasteiger partial charge in [0.25, 0.3) is 5.91 Å². The van der Waals surface area contributed by atoms with Crippen molar-refractivity contribution in [2.45, 2.75) is 124 Å². The lowest BCUT2D eigenvalue weighted by molar-refractivity contribution is 0.0717. The summed E-state index contributed by atoms with van der Waals surface area (Å²) in [6.45, 7) is 28.3. The molecule has 1 saturated heterocycles. The number of imidazole rings is 1. The van der Waals surface area contributed by atoms with Crippen molar-refractivity contribution < 1.29 is 33.2 Å². The van der Waals surface area contributed by atoms with E-state index in [-0.39, 0.29) is 43.0 Å². The number of carbonyl (C=O) groups excluding carboxylic acids is 1. The van der Waals surface area contributed by atoms with Crippen LogP contribution < -0.4 is 4.90 Å². The zero-order valence-electron chi connectivity index (χ0n) is 40.2. The van der Waals surface area contributed by atoms with Crippen LogP contribution in [-0.2, 0) is 58.5 Å². The predicted molar refractivity (Wildman–Crippen MR) is 262 cm³/mol. The second kappa shape index (κ2) is 20.3. The Morgan fingerprint density at radius 3 is 2.12 bits per heavy atom. The average Bonchev–Trinajstić information content (AvgIpc) is 3.93. The Labute approximate surface area is 386 Å². The smallest absolute Gasteiger partial charge is 0.274 e. The molecule has 1 fully saturated rings. The molecule has 65 heavy (non-hydrogen) atoms. The highest BCUT2D eigenvalue weighted by atomic mass is 28.3. The van der Waals surface area contributed by atoms with Gasteiger partial charge in [-0.2, -0.15) is 5.10 Å².